The SMILES string of the molecule is C[C@H](CCCC(C)(C)O)[C@H]1CC[C@H]2[C@@H]3CC=C4CCCC([n+]5ccccc5)[C@]4(C)[C@H]3CC[C@]12C.O=S(=O)(O)O. The van der Waals surface area contributed by atoms with Crippen molar-refractivity contribution in [3.63, 3.8) is 0 Å². The molecule has 0 spiro atoms. The Kier molecular flexibility index (Phi) is 9.08. The van der Waals surface area contributed by atoms with Crippen molar-refractivity contribution in [3.05, 3.63) is 42.2 Å². The van der Waals surface area contributed by atoms with Crippen molar-refractivity contribution in [2.24, 2.45) is 40.4 Å². The van der Waals surface area contributed by atoms with Crippen molar-refractivity contribution < 1.29 is 27.2 Å². The molecule has 4 aliphatic rings. The molecule has 8 atom stereocenters. The van der Waals surface area contributed by atoms with Crippen LogP contribution >= 0.6 is 0 Å². The third-order valence-corrected chi connectivity index (χ3v) is 11.5. The third-order valence-electron chi connectivity index (χ3n) is 11.5. The Balaban J connectivity index is 0.000000648. The Labute approximate surface area is 236 Å². The van der Waals surface area contributed by atoms with Gasteiger partial charge in [-0.15, -0.1) is 0 Å². The van der Waals surface area contributed by atoms with Crippen LogP contribution < -0.4 is 4.57 Å². The summed E-state index contributed by atoms with van der Waals surface area (Å²) in [5.41, 5.74) is 2.11. The standard InChI is InChI=1S/C32H50NO.H2O4S/c1-23(11-10-19-30(2,3)34)26-16-17-27-25-15-14-24-12-9-13-29(33-21-7-6-8-22-33)32(24,5)28(25)18-20-31(26,27)4;1-5(2,3)4/h6-8,14,21-23,25-29,34H,9-13,15-20H2,1-5H3;(H2,1,2,3,4)/q+1;/t23-,25+,26-,27+,28+,29?,31-,32+;/m1./s1. The Morgan fingerprint density at radius 2 is 1.72 bits per heavy atom. The van der Waals surface area contributed by atoms with E-state index < -0.39 is 16.0 Å². The van der Waals surface area contributed by atoms with Gasteiger partial charge in [-0.3, -0.25) is 9.11 Å². The van der Waals surface area contributed by atoms with E-state index in [0.717, 1.165) is 42.4 Å². The van der Waals surface area contributed by atoms with Gasteiger partial charge in [-0.25, -0.2) is 4.57 Å². The first-order chi connectivity index (χ1) is 18.1. The number of allylic oxidation sites excluding steroid dienone is 2. The molecule has 3 fully saturated rings. The highest BCUT2D eigenvalue weighted by atomic mass is 32.3. The van der Waals surface area contributed by atoms with Gasteiger partial charge in [0.1, 0.15) is 0 Å². The monoisotopic (exact) mass is 562 g/mol. The summed E-state index contributed by atoms with van der Waals surface area (Å²) in [7, 11) is -4.67. The smallest absolute Gasteiger partial charge is 0.390 e. The van der Waals surface area contributed by atoms with E-state index in [-0.39, 0.29) is 0 Å². The van der Waals surface area contributed by atoms with E-state index in [4.69, 9.17) is 17.5 Å². The molecule has 0 amide bonds. The number of nitrogens with zero attached hydrogens (tertiary/aromatic N) is 1. The van der Waals surface area contributed by atoms with Crippen molar-refractivity contribution in [2.75, 3.05) is 0 Å². The normalized spacial score (nSPS) is 36.9. The Hall–Kier alpha value is -1.28. The highest BCUT2D eigenvalue weighted by molar-refractivity contribution is 7.79. The number of rotatable bonds is 6. The van der Waals surface area contributed by atoms with E-state index in [2.05, 4.69) is 62.0 Å². The number of pyridine rings is 1. The van der Waals surface area contributed by atoms with Crippen molar-refractivity contribution in [3.8, 4) is 0 Å². The van der Waals surface area contributed by atoms with Crippen LogP contribution in [0.4, 0.5) is 0 Å². The van der Waals surface area contributed by atoms with E-state index in [9.17, 15) is 5.11 Å². The number of aliphatic hydroxyl groups is 1. The molecule has 1 aromatic heterocycles. The highest BCUT2D eigenvalue weighted by Crippen LogP contribution is 2.68. The van der Waals surface area contributed by atoms with Crippen molar-refractivity contribution >= 4 is 10.4 Å². The van der Waals surface area contributed by atoms with Crippen molar-refractivity contribution in [1.82, 2.24) is 0 Å². The largest absolute Gasteiger partial charge is 0.394 e. The Morgan fingerprint density at radius 1 is 1.05 bits per heavy atom. The van der Waals surface area contributed by atoms with Crippen LogP contribution in [0.25, 0.3) is 0 Å². The fraction of sp³-hybridized carbons (Fsp3) is 0.781. The Bertz CT molecular complexity index is 1110. The lowest BCUT2D eigenvalue weighted by Crippen LogP contribution is -2.58. The molecule has 0 aliphatic heterocycles. The molecular formula is C32H52NO5S+. The molecule has 4 aliphatic carbocycles. The summed E-state index contributed by atoms with van der Waals surface area (Å²) in [6.07, 6.45) is 21.8. The molecule has 0 aromatic carbocycles. The molecule has 0 saturated heterocycles. The summed E-state index contributed by atoms with van der Waals surface area (Å²) in [6, 6.07) is 7.22. The summed E-state index contributed by atoms with van der Waals surface area (Å²) in [5.74, 6) is 4.25. The zero-order valence-corrected chi connectivity index (χ0v) is 25.5. The number of fused-ring (bicyclic) bond motifs is 5. The van der Waals surface area contributed by atoms with Gasteiger partial charge in [0.05, 0.1) is 11.0 Å². The molecule has 220 valence electrons. The third kappa shape index (κ3) is 6.63. The zero-order chi connectivity index (χ0) is 28.6. The fourth-order valence-electron chi connectivity index (χ4n) is 9.83. The molecule has 39 heavy (non-hydrogen) atoms. The maximum absolute atomic E-state index is 10.2. The maximum atomic E-state index is 10.2. The van der Waals surface area contributed by atoms with E-state index in [0.29, 0.717) is 16.9 Å². The summed E-state index contributed by atoms with van der Waals surface area (Å²) in [6.45, 7) is 11.8. The summed E-state index contributed by atoms with van der Waals surface area (Å²) < 4.78 is 34.1. The van der Waals surface area contributed by atoms with Crippen LogP contribution in [0.2, 0.25) is 0 Å². The molecule has 1 aromatic rings. The minimum Gasteiger partial charge on any atom is -0.390 e. The molecule has 3 N–H and O–H groups in total. The first-order valence-electron chi connectivity index (χ1n) is 15.2. The van der Waals surface area contributed by atoms with Gasteiger partial charge < -0.3 is 5.11 Å². The molecule has 0 bridgehead atoms. The van der Waals surface area contributed by atoms with Gasteiger partial charge in [-0.2, -0.15) is 8.42 Å². The van der Waals surface area contributed by atoms with Crippen molar-refractivity contribution in [2.45, 2.75) is 117 Å². The number of aromatic nitrogens is 1. The van der Waals surface area contributed by atoms with Crippen LogP contribution in [-0.2, 0) is 10.4 Å². The van der Waals surface area contributed by atoms with Gasteiger partial charge in [0.15, 0.2) is 18.4 Å². The second kappa shape index (κ2) is 11.5. The van der Waals surface area contributed by atoms with Gasteiger partial charge >= 0.3 is 10.4 Å². The van der Waals surface area contributed by atoms with Crippen LogP contribution in [-0.4, -0.2) is 28.2 Å². The van der Waals surface area contributed by atoms with Gasteiger partial charge in [0.25, 0.3) is 0 Å². The maximum Gasteiger partial charge on any atom is 0.394 e. The summed E-state index contributed by atoms with van der Waals surface area (Å²) in [5, 5.41) is 10.2. The van der Waals surface area contributed by atoms with Crippen LogP contribution in [0, 0.1) is 40.4 Å². The first kappa shape index (κ1) is 30.7. The van der Waals surface area contributed by atoms with Gasteiger partial charge in [0.2, 0.25) is 0 Å². The fourth-order valence-corrected chi connectivity index (χ4v) is 9.83. The molecule has 3 saturated carbocycles. The van der Waals surface area contributed by atoms with Gasteiger partial charge in [-0.05, 0) is 107 Å². The second-order valence-electron chi connectivity index (χ2n) is 14.2. The second-order valence-corrected chi connectivity index (χ2v) is 15.1. The van der Waals surface area contributed by atoms with E-state index >= 15 is 0 Å². The molecular weight excluding hydrogens is 510 g/mol. The van der Waals surface area contributed by atoms with Crippen LogP contribution in [0.3, 0.4) is 0 Å². The average Bonchev–Trinajstić information content (AvgIpc) is 3.19. The van der Waals surface area contributed by atoms with E-state index in [1.54, 1.807) is 5.57 Å². The van der Waals surface area contributed by atoms with Gasteiger partial charge in [0, 0.05) is 18.6 Å². The topological polar surface area (TPSA) is 98.7 Å². The van der Waals surface area contributed by atoms with Crippen LogP contribution in [0.5, 0.6) is 0 Å². The summed E-state index contributed by atoms with van der Waals surface area (Å²) in [4.78, 5) is 0. The molecule has 6 nitrogen and oxygen atoms in total. The molecule has 7 heteroatoms. The first-order valence-corrected chi connectivity index (χ1v) is 16.6. The predicted molar refractivity (Wildman–Crippen MR) is 154 cm³/mol. The Morgan fingerprint density at radius 3 is 2.36 bits per heavy atom. The average molecular weight is 563 g/mol. The lowest BCUT2D eigenvalue weighted by atomic mass is 9.46. The number of hydrogen-bond donors (Lipinski definition) is 3. The highest BCUT2D eigenvalue weighted by Gasteiger charge is 2.62. The summed E-state index contributed by atoms with van der Waals surface area (Å²) >= 11 is 0. The van der Waals surface area contributed by atoms with Gasteiger partial charge in [-0.1, -0.05) is 44.4 Å². The lowest BCUT2D eigenvalue weighted by molar-refractivity contribution is -0.739. The molecule has 1 heterocycles. The minimum absolute atomic E-state index is 0.324. The molecule has 5 rings (SSSR count). The lowest BCUT2D eigenvalue weighted by Gasteiger charge is -2.58. The molecule has 0 radical (unpaired) electrons. The number of hydrogen-bond acceptors (Lipinski definition) is 3. The van der Waals surface area contributed by atoms with Crippen LogP contribution in [0.1, 0.15) is 111 Å². The predicted octanol–water partition coefficient (Wildman–Crippen LogP) is 7.02. The minimum atomic E-state index is -4.67. The van der Waals surface area contributed by atoms with Crippen LogP contribution in [0.15, 0.2) is 42.2 Å². The molecule has 1 unspecified atom stereocenters. The quantitative estimate of drug-likeness (QED) is 0.197. The van der Waals surface area contributed by atoms with E-state index in [1.165, 1.54) is 57.8 Å². The zero-order valence-electron chi connectivity index (χ0n) is 24.7. The van der Waals surface area contributed by atoms with Crippen molar-refractivity contribution in [1.29, 1.82) is 0 Å². The van der Waals surface area contributed by atoms with E-state index in [1.807, 2.05) is 13.8 Å².